The molecule has 4 aromatic rings. The van der Waals surface area contributed by atoms with Gasteiger partial charge in [-0.2, -0.15) is 0 Å². The SMILES string of the molecule is Cc1cccc2nc3c([se]c4ccccc43)c(=O)n12. The van der Waals surface area contributed by atoms with E-state index in [9.17, 15) is 4.79 Å². The van der Waals surface area contributed by atoms with Crippen LogP contribution in [0.4, 0.5) is 0 Å². The Balaban J connectivity index is 2.37. The third-order valence-electron chi connectivity index (χ3n) is 3.36. The van der Waals surface area contributed by atoms with Gasteiger partial charge in [0.15, 0.2) is 0 Å². The number of benzene rings is 1. The summed E-state index contributed by atoms with van der Waals surface area (Å²) < 4.78 is 3.84. The molecule has 0 amide bonds. The van der Waals surface area contributed by atoms with Crippen LogP contribution in [0.5, 0.6) is 0 Å². The van der Waals surface area contributed by atoms with Crippen molar-refractivity contribution in [3.8, 4) is 0 Å². The van der Waals surface area contributed by atoms with Gasteiger partial charge in [0.25, 0.3) is 0 Å². The van der Waals surface area contributed by atoms with Crippen molar-refractivity contribution in [3.05, 3.63) is 58.5 Å². The Hall–Kier alpha value is -1.90. The summed E-state index contributed by atoms with van der Waals surface area (Å²) in [7, 11) is 0. The standard InChI is InChI=1S/C15H10N2OSe/c1-9-5-4-8-12-16-13-10-6-2-3-7-11(10)19-14(13)15(18)17(9)12/h2-8H,1H3. The number of aryl methyl sites for hydroxylation is 1. The first-order chi connectivity index (χ1) is 9.25. The van der Waals surface area contributed by atoms with Crippen LogP contribution in [0.2, 0.25) is 0 Å². The van der Waals surface area contributed by atoms with Gasteiger partial charge >= 0.3 is 114 Å². The van der Waals surface area contributed by atoms with E-state index in [4.69, 9.17) is 4.98 Å². The molecule has 0 aliphatic heterocycles. The van der Waals surface area contributed by atoms with Crippen molar-refractivity contribution in [3.63, 3.8) is 0 Å². The Morgan fingerprint density at radius 2 is 1.95 bits per heavy atom. The summed E-state index contributed by atoms with van der Waals surface area (Å²) >= 11 is 0.0689. The Morgan fingerprint density at radius 1 is 1.11 bits per heavy atom. The molecule has 4 rings (SSSR count). The van der Waals surface area contributed by atoms with E-state index in [0.717, 1.165) is 26.5 Å². The molecule has 0 aliphatic carbocycles. The number of pyridine rings is 1. The minimum atomic E-state index is 0.0689. The van der Waals surface area contributed by atoms with Gasteiger partial charge in [0.1, 0.15) is 0 Å². The first-order valence-electron chi connectivity index (χ1n) is 6.05. The van der Waals surface area contributed by atoms with E-state index in [1.165, 1.54) is 4.26 Å². The monoisotopic (exact) mass is 314 g/mol. The molecular weight excluding hydrogens is 303 g/mol. The van der Waals surface area contributed by atoms with Crippen LogP contribution in [0, 0.1) is 6.92 Å². The van der Waals surface area contributed by atoms with E-state index in [1.54, 1.807) is 4.40 Å². The second-order valence-electron chi connectivity index (χ2n) is 4.55. The third-order valence-corrected chi connectivity index (χ3v) is 5.77. The van der Waals surface area contributed by atoms with Crippen LogP contribution >= 0.6 is 0 Å². The topological polar surface area (TPSA) is 34.4 Å². The summed E-state index contributed by atoms with van der Waals surface area (Å²) in [4.78, 5) is 17.3. The summed E-state index contributed by atoms with van der Waals surface area (Å²) in [6, 6.07) is 14.0. The normalized spacial score (nSPS) is 11.6. The van der Waals surface area contributed by atoms with Gasteiger partial charge in [-0.1, -0.05) is 0 Å². The quantitative estimate of drug-likeness (QED) is 0.467. The van der Waals surface area contributed by atoms with Crippen LogP contribution in [0.15, 0.2) is 47.3 Å². The van der Waals surface area contributed by atoms with E-state index >= 15 is 0 Å². The summed E-state index contributed by atoms with van der Waals surface area (Å²) in [5, 5.41) is 1.12. The van der Waals surface area contributed by atoms with Gasteiger partial charge < -0.3 is 0 Å². The zero-order valence-electron chi connectivity index (χ0n) is 10.3. The van der Waals surface area contributed by atoms with Crippen molar-refractivity contribution in [2.45, 2.75) is 6.92 Å². The van der Waals surface area contributed by atoms with Gasteiger partial charge in [-0.25, -0.2) is 0 Å². The van der Waals surface area contributed by atoms with Crippen LogP contribution in [0.3, 0.4) is 0 Å². The Labute approximate surface area is 114 Å². The second-order valence-corrected chi connectivity index (χ2v) is 6.76. The molecule has 0 N–H and O–H groups in total. The average Bonchev–Trinajstić information content (AvgIpc) is 2.78. The van der Waals surface area contributed by atoms with Crippen molar-refractivity contribution in [2.75, 3.05) is 0 Å². The van der Waals surface area contributed by atoms with E-state index < -0.39 is 0 Å². The van der Waals surface area contributed by atoms with Crippen molar-refractivity contribution in [1.29, 1.82) is 0 Å². The average molecular weight is 313 g/mol. The number of rotatable bonds is 0. The molecule has 0 radical (unpaired) electrons. The van der Waals surface area contributed by atoms with Crippen LogP contribution in [0.1, 0.15) is 5.69 Å². The molecule has 92 valence electrons. The second kappa shape index (κ2) is 3.80. The molecule has 0 spiro atoms. The number of nitrogens with zero attached hydrogens (tertiary/aromatic N) is 2. The first kappa shape index (κ1) is 11.0. The molecule has 3 nitrogen and oxygen atoms in total. The molecule has 0 fully saturated rings. The van der Waals surface area contributed by atoms with Gasteiger partial charge in [-0.05, 0) is 0 Å². The van der Waals surface area contributed by atoms with Gasteiger partial charge in [-0.15, -0.1) is 0 Å². The fraction of sp³-hybridized carbons (Fsp3) is 0.0667. The van der Waals surface area contributed by atoms with E-state index in [1.807, 2.05) is 37.3 Å². The molecule has 0 bridgehead atoms. The van der Waals surface area contributed by atoms with Gasteiger partial charge in [0.2, 0.25) is 0 Å². The van der Waals surface area contributed by atoms with Crippen molar-refractivity contribution >= 4 is 39.6 Å². The maximum atomic E-state index is 12.6. The number of aromatic nitrogens is 2. The zero-order valence-corrected chi connectivity index (χ0v) is 12.0. The molecule has 0 saturated heterocycles. The van der Waals surface area contributed by atoms with E-state index in [-0.39, 0.29) is 20.1 Å². The molecule has 0 aliphatic rings. The summed E-state index contributed by atoms with van der Waals surface area (Å²) in [5.74, 6) is 0. The molecule has 4 heteroatoms. The summed E-state index contributed by atoms with van der Waals surface area (Å²) in [6.45, 7) is 1.94. The Bertz CT molecular complexity index is 997. The fourth-order valence-corrected chi connectivity index (χ4v) is 4.71. The van der Waals surface area contributed by atoms with Crippen molar-refractivity contribution < 1.29 is 0 Å². The molecule has 19 heavy (non-hydrogen) atoms. The molecule has 0 atom stereocenters. The number of hydrogen-bond donors (Lipinski definition) is 0. The fourth-order valence-electron chi connectivity index (χ4n) is 2.46. The van der Waals surface area contributed by atoms with Crippen LogP contribution in [0.25, 0.3) is 25.1 Å². The number of hydrogen-bond acceptors (Lipinski definition) is 2. The molecule has 3 aromatic heterocycles. The van der Waals surface area contributed by atoms with Gasteiger partial charge in [0, 0.05) is 0 Å². The predicted octanol–water partition coefficient (Wildman–Crippen LogP) is 2.37. The first-order valence-corrected chi connectivity index (χ1v) is 7.76. The molecular formula is C15H10N2OSe. The third kappa shape index (κ3) is 1.44. The van der Waals surface area contributed by atoms with E-state index in [0.29, 0.717) is 0 Å². The van der Waals surface area contributed by atoms with Crippen molar-refractivity contribution in [1.82, 2.24) is 9.38 Å². The zero-order chi connectivity index (χ0) is 13.0. The Morgan fingerprint density at radius 3 is 2.84 bits per heavy atom. The van der Waals surface area contributed by atoms with Gasteiger partial charge in [-0.3, -0.25) is 0 Å². The number of fused-ring (bicyclic) bond motifs is 4. The van der Waals surface area contributed by atoms with Crippen LogP contribution in [-0.4, -0.2) is 23.9 Å². The summed E-state index contributed by atoms with van der Waals surface area (Å²) in [6.07, 6.45) is 0. The predicted molar refractivity (Wildman–Crippen MR) is 78.2 cm³/mol. The van der Waals surface area contributed by atoms with E-state index in [2.05, 4.69) is 12.1 Å². The minimum absolute atomic E-state index is 0.0689. The van der Waals surface area contributed by atoms with Gasteiger partial charge in [0.05, 0.1) is 0 Å². The maximum absolute atomic E-state index is 12.6. The molecule has 3 heterocycles. The van der Waals surface area contributed by atoms with Crippen LogP contribution < -0.4 is 5.56 Å². The molecule has 0 unspecified atom stereocenters. The molecule has 1 aromatic carbocycles. The van der Waals surface area contributed by atoms with Crippen LogP contribution in [-0.2, 0) is 0 Å². The Kier molecular flexibility index (Phi) is 2.19. The van der Waals surface area contributed by atoms with Crippen molar-refractivity contribution in [2.24, 2.45) is 0 Å². The summed E-state index contributed by atoms with van der Waals surface area (Å²) in [5.41, 5.74) is 2.64. The molecule has 0 saturated carbocycles.